The molecular weight excluding hydrogens is 225 g/mol. The molecule has 0 aliphatic heterocycles. The Bertz CT molecular complexity index is 356. The third-order valence-electron chi connectivity index (χ3n) is 3.66. The van der Waals surface area contributed by atoms with Crippen molar-refractivity contribution in [3.05, 3.63) is 35.1 Å². The van der Waals surface area contributed by atoms with Gasteiger partial charge in [0.25, 0.3) is 0 Å². The zero-order valence-corrected chi connectivity index (χ0v) is 12.1. The van der Waals surface area contributed by atoms with Gasteiger partial charge < -0.3 is 5.32 Å². The van der Waals surface area contributed by atoms with Gasteiger partial charge in [0.2, 0.25) is 0 Å². The molecule has 0 saturated carbocycles. The average molecular weight is 251 g/mol. The second kappa shape index (κ2) is 7.52. The molecule has 0 fully saturated rings. The summed E-state index contributed by atoms with van der Waals surface area (Å²) in [4.78, 5) is 0. The summed E-state index contributed by atoms with van der Waals surface area (Å²) < 4.78 is 13.7. The van der Waals surface area contributed by atoms with E-state index in [1.54, 1.807) is 6.07 Å². The molecule has 18 heavy (non-hydrogen) atoms. The van der Waals surface area contributed by atoms with E-state index in [0.29, 0.717) is 5.92 Å². The largest absolute Gasteiger partial charge is 0.313 e. The molecule has 102 valence electrons. The molecule has 0 bridgehead atoms. The van der Waals surface area contributed by atoms with Gasteiger partial charge in [0.05, 0.1) is 0 Å². The van der Waals surface area contributed by atoms with Crippen molar-refractivity contribution in [3.8, 4) is 0 Å². The number of hydrogen-bond donors (Lipinski definition) is 1. The Hall–Kier alpha value is -0.890. The number of rotatable bonds is 7. The fourth-order valence-corrected chi connectivity index (χ4v) is 2.70. The normalized spacial score (nSPS) is 13.0. The first-order chi connectivity index (χ1) is 8.63. The quantitative estimate of drug-likeness (QED) is 0.746. The van der Waals surface area contributed by atoms with Gasteiger partial charge in [-0.3, -0.25) is 0 Å². The molecule has 0 aliphatic carbocycles. The predicted molar refractivity (Wildman–Crippen MR) is 76.2 cm³/mol. The van der Waals surface area contributed by atoms with E-state index in [4.69, 9.17) is 0 Å². The predicted octanol–water partition coefficient (Wildman–Crippen LogP) is 4.61. The summed E-state index contributed by atoms with van der Waals surface area (Å²) >= 11 is 0. The fourth-order valence-electron chi connectivity index (χ4n) is 2.70. The van der Waals surface area contributed by atoms with Crippen LogP contribution in [0.25, 0.3) is 0 Å². The summed E-state index contributed by atoms with van der Waals surface area (Å²) in [6, 6.07) is 5.89. The van der Waals surface area contributed by atoms with Gasteiger partial charge in [-0.05, 0) is 49.9 Å². The van der Waals surface area contributed by atoms with Gasteiger partial charge in [-0.15, -0.1) is 0 Å². The zero-order chi connectivity index (χ0) is 13.5. The molecule has 0 spiro atoms. The summed E-state index contributed by atoms with van der Waals surface area (Å²) in [6.07, 6.45) is 4.73. The van der Waals surface area contributed by atoms with Crippen LogP contribution >= 0.6 is 0 Å². The van der Waals surface area contributed by atoms with Crippen LogP contribution in [0.5, 0.6) is 0 Å². The molecule has 0 saturated heterocycles. The smallest absolute Gasteiger partial charge is 0.126 e. The van der Waals surface area contributed by atoms with E-state index >= 15 is 0 Å². The van der Waals surface area contributed by atoms with E-state index < -0.39 is 0 Å². The summed E-state index contributed by atoms with van der Waals surface area (Å²) in [5.41, 5.74) is 1.80. The molecule has 0 aromatic heterocycles. The third kappa shape index (κ3) is 3.81. The highest BCUT2D eigenvalue weighted by molar-refractivity contribution is 5.26. The maximum Gasteiger partial charge on any atom is 0.126 e. The Morgan fingerprint density at radius 3 is 2.22 bits per heavy atom. The molecule has 0 amide bonds. The number of nitrogens with one attached hydrogen (secondary N) is 1. The fraction of sp³-hybridized carbons (Fsp3) is 0.625. The minimum Gasteiger partial charge on any atom is -0.313 e. The van der Waals surface area contributed by atoms with Gasteiger partial charge in [0.15, 0.2) is 0 Å². The minimum atomic E-state index is -0.0977. The summed E-state index contributed by atoms with van der Waals surface area (Å²) in [7, 11) is 1.97. The monoisotopic (exact) mass is 251 g/mol. The molecule has 1 aromatic carbocycles. The standard InChI is InChI=1S/C16H26FN/c1-5-7-13(8-6-2)16(18-4)14-10-9-12(3)15(17)11-14/h9-11,13,16,18H,5-8H2,1-4H3. The summed E-state index contributed by atoms with van der Waals surface area (Å²) in [6.45, 7) is 6.24. The van der Waals surface area contributed by atoms with Gasteiger partial charge in [0, 0.05) is 6.04 Å². The lowest BCUT2D eigenvalue weighted by Crippen LogP contribution is -2.25. The topological polar surface area (TPSA) is 12.0 Å². The number of halogens is 1. The van der Waals surface area contributed by atoms with Crippen LogP contribution in [-0.4, -0.2) is 7.05 Å². The Balaban J connectivity index is 2.94. The van der Waals surface area contributed by atoms with Gasteiger partial charge >= 0.3 is 0 Å². The first-order valence-electron chi connectivity index (χ1n) is 7.07. The molecule has 0 heterocycles. The van der Waals surface area contributed by atoms with Crippen LogP contribution in [0.2, 0.25) is 0 Å². The van der Waals surface area contributed by atoms with Gasteiger partial charge in [0.1, 0.15) is 5.82 Å². The van der Waals surface area contributed by atoms with E-state index in [-0.39, 0.29) is 11.9 Å². The molecule has 0 radical (unpaired) electrons. The molecule has 1 rings (SSSR count). The van der Waals surface area contributed by atoms with E-state index in [2.05, 4.69) is 25.2 Å². The van der Waals surface area contributed by atoms with Gasteiger partial charge in [-0.25, -0.2) is 4.39 Å². The van der Waals surface area contributed by atoms with Crippen molar-refractivity contribution in [1.29, 1.82) is 0 Å². The van der Waals surface area contributed by atoms with E-state index in [0.717, 1.165) is 11.1 Å². The molecule has 1 nitrogen and oxygen atoms in total. The zero-order valence-electron chi connectivity index (χ0n) is 12.1. The van der Waals surface area contributed by atoms with Crippen molar-refractivity contribution in [2.75, 3.05) is 7.05 Å². The highest BCUT2D eigenvalue weighted by atomic mass is 19.1. The van der Waals surface area contributed by atoms with E-state index in [1.165, 1.54) is 25.7 Å². The minimum absolute atomic E-state index is 0.0977. The molecule has 1 unspecified atom stereocenters. The van der Waals surface area contributed by atoms with Gasteiger partial charge in [-0.2, -0.15) is 0 Å². The van der Waals surface area contributed by atoms with Crippen molar-refractivity contribution >= 4 is 0 Å². The van der Waals surface area contributed by atoms with Crippen molar-refractivity contribution in [1.82, 2.24) is 5.32 Å². The average Bonchev–Trinajstić information content (AvgIpc) is 2.35. The second-order valence-corrected chi connectivity index (χ2v) is 5.11. The molecular formula is C16H26FN. The van der Waals surface area contributed by atoms with Crippen molar-refractivity contribution in [3.63, 3.8) is 0 Å². The molecule has 1 atom stereocenters. The van der Waals surface area contributed by atoms with Crippen molar-refractivity contribution in [2.24, 2.45) is 5.92 Å². The van der Waals surface area contributed by atoms with Crippen LogP contribution in [0.15, 0.2) is 18.2 Å². The number of hydrogen-bond acceptors (Lipinski definition) is 1. The van der Waals surface area contributed by atoms with Crippen LogP contribution in [0.1, 0.15) is 56.7 Å². The molecule has 2 heteroatoms. The second-order valence-electron chi connectivity index (χ2n) is 5.11. The van der Waals surface area contributed by atoms with E-state index in [9.17, 15) is 4.39 Å². The maximum absolute atomic E-state index is 13.7. The van der Waals surface area contributed by atoms with Crippen molar-refractivity contribution < 1.29 is 4.39 Å². The van der Waals surface area contributed by atoms with Crippen LogP contribution in [0.3, 0.4) is 0 Å². The molecule has 1 aromatic rings. The molecule has 1 N–H and O–H groups in total. The lowest BCUT2D eigenvalue weighted by Gasteiger charge is -2.27. The van der Waals surface area contributed by atoms with Crippen LogP contribution < -0.4 is 5.32 Å². The molecule has 0 aliphatic rings. The Labute approximate surface area is 111 Å². The van der Waals surface area contributed by atoms with Crippen LogP contribution in [-0.2, 0) is 0 Å². The van der Waals surface area contributed by atoms with Gasteiger partial charge in [-0.1, -0.05) is 38.8 Å². The Morgan fingerprint density at radius 2 is 1.78 bits per heavy atom. The lowest BCUT2D eigenvalue weighted by atomic mass is 9.86. The Morgan fingerprint density at radius 1 is 1.17 bits per heavy atom. The number of benzene rings is 1. The van der Waals surface area contributed by atoms with Crippen molar-refractivity contribution in [2.45, 2.75) is 52.5 Å². The number of aryl methyl sites for hydroxylation is 1. The first-order valence-corrected chi connectivity index (χ1v) is 7.07. The third-order valence-corrected chi connectivity index (χ3v) is 3.66. The Kier molecular flexibility index (Phi) is 6.34. The first kappa shape index (κ1) is 15.2. The van der Waals surface area contributed by atoms with Crippen LogP contribution in [0.4, 0.5) is 4.39 Å². The van der Waals surface area contributed by atoms with E-state index in [1.807, 2.05) is 20.0 Å². The highest BCUT2D eigenvalue weighted by Gasteiger charge is 2.20. The highest BCUT2D eigenvalue weighted by Crippen LogP contribution is 2.30. The van der Waals surface area contributed by atoms with Crippen LogP contribution in [0, 0.1) is 18.7 Å². The lowest BCUT2D eigenvalue weighted by molar-refractivity contribution is 0.330. The summed E-state index contributed by atoms with van der Waals surface area (Å²) in [5.74, 6) is 0.492. The SMILES string of the molecule is CCCC(CCC)C(NC)c1ccc(C)c(F)c1. The maximum atomic E-state index is 13.7. The summed E-state index contributed by atoms with van der Waals surface area (Å²) in [5, 5.41) is 3.37.